The summed E-state index contributed by atoms with van der Waals surface area (Å²) < 4.78 is 4.91. The molecule has 0 radical (unpaired) electrons. The first-order valence-electron chi connectivity index (χ1n) is 7.96. The number of rotatable bonds is 6. The lowest BCUT2D eigenvalue weighted by molar-refractivity contribution is 0.0526. The molecule has 5 heteroatoms. The molecule has 126 valence electrons. The van der Waals surface area contributed by atoms with Gasteiger partial charge in [0.2, 0.25) is 0 Å². The van der Waals surface area contributed by atoms with Gasteiger partial charge in [0.25, 0.3) is 0 Å². The van der Waals surface area contributed by atoms with E-state index in [1.165, 1.54) is 11.1 Å². The molecule has 2 aromatic carbocycles. The highest BCUT2D eigenvalue weighted by Crippen LogP contribution is 2.10. The molecule has 0 saturated heterocycles. The molecule has 2 N–H and O–H groups in total. The van der Waals surface area contributed by atoms with E-state index >= 15 is 0 Å². The third-order valence-electron chi connectivity index (χ3n) is 3.44. The maximum absolute atomic E-state index is 11.9. The molecule has 0 aliphatic carbocycles. The number of ether oxygens (including phenoxy) is 1. The first-order chi connectivity index (χ1) is 11.6. The quantitative estimate of drug-likeness (QED) is 0.798. The van der Waals surface area contributed by atoms with Gasteiger partial charge >= 0.3 is 12.0 Å². The summed E-state index contributed by atoms with van der Waals surface area (Å²) in [4.78, 5) is 23.4. The van der Waals surface area contributed by atoms with Gasteiger partial charge in [-0.3, -0.25) is 0 Å². The normalized spacial score (nSPS) is 10.1. The Kier molecular flexibility index (Phi) is 6.37. The van der Waals surface area contributed by atoms with Crippen molar-refractivity contribution in [2.24, 2.45) is 0 Å². The van der Waals surface area contributed by atoms with Gasteiger partial charge in [0.05, 0.1) is 12.2 Å². The Morgan fingerprint density at radius 1 is 1.08 bits per heavy atom. The summed E-state index contributed by atoms with van der Waals surface area (Å²) in [5, 5.41) is 5.55. The van der Waals surface area contributed by atoms with E-state index in [-0.39, 0.29) is 12.0 Å². The molecule has 0 heterocycles. The summed E-state index contributed by atoms with van der Waals surface area (Å²) >= 11 is 0. The van der Waals surface area contributed by atoms with Gasteiger partial charge < -0.3 is 15.4 Å². The van der Waals surface area contributed by atoms with E-state index in [1.807, 2.05) is 25.1 Å². The number of amides is 2. The van der Waals surface area contributed by atoms with Gasteiger partial charge in [0.1, 0.15) is 0 Å². The van der Waals surface area contributed by atoms with Crippen molar-refractivity contribution in [3.8, 4) is 0 Å². The molecule has 0 aliphatic heterocycles. The Morgan fingerprint density at radius 2 is 1.83 bits per heavy atom. The minimum atomic E-state index is -0.369. The van der Waals surface area contributed by atoms with Crippen LogP contribution < -0.4 is 10.6 Å². The second-order valence-corrected chi connectivity index (χ2v) is 5.42. The number of esters is 1. The molecule has 24 heavy (non-hydrogen) atoms. The van der Waals surface area contributed by atoms with Crippen LogP contribution in [-0.4, -0.2) is 25.2 Å². The molecule has 0 aliphatic rings. The lowest BCUT2D eigenvalue weighted by Crippen LogP contribution is -2.30. The lowest BCUT2D eigenvalue weighted by atomic mass is 10.1. The number of anilines is 1. The Hall–Kier alpha value is -2.82. The van der Waals surface area contributed by atoms with Crippen molar-refractivity contribution in [3.63, 3.8) is 0 Å². The van der Waals surface area contributed by atoms with Crippen molar-refractivity contribution in [2.75, 3.05) is 18.5 Å². The molecule has 2 amide bonds. The zero-order chi connectivity index (χ0) is 17.4. The summed E-state index contributed by atoms with van der Waals surface area (Å²) in [5.41, 5.74) is 3.48. The average molecular weight is 326 g/mol. The smallest absolute Gasteiger partial charge is 0.338 e. The molecule has 2 aromatic rings. The van der Waals surface area contributed by atoms with Gasteiger partial charge in [-0.05, 0) is 50.1 Å². The molecule has 0 unspecified atom stereocenters. The van der Waals surface area contributed by atoms with Gasteiger partial charge in [-0.15, -0.1) is 0 Å². The third kappa shape index (κ3) is 5.43. The van der Waals surface area contributed by atoms with E-state index in [2.05, 4.69) is 16.7 Å². The Labute approximate surface area is 142 Å². The summed E-state index contributed by atoms with van der Waals surface area (Å²) in [5.74, 6) is -0.369. The van der Waals surface area contributed by atoms with Crippen LogP contribution in [0.3, 0.4) is 0 Å². The fourth-order valence-corrected chi connectivity index (χ4v) is 2.27. The van der Waals surface area contributed by atoms with Crippen molar-refractivity contribution >= 4 is 17.7 Å². The monoisotopic (exact) mass is 326 g/mol. The third-order valence-corrected chi connectivity index (χ3v) is 3.44. The van der Waals surface area contributed by atoms with Gasteiger partial charge in [-0.25, -0.2) is 9.59 Å². The fourth-order valence-electron chi connectivity index (χ4n) is 2.27. The molecular weight excluding hydrogens is 304 g/mol. The van der Waals surface area contributed by atoms with Gasteiger partial charge in [0.15, 0.2) is 0 Å². The lowest BCUT2D eigenvalue weighted by Gasteiger charge is -2.09. The summed E-state index contributed by atoms with van der Waals surface area (Å²) in [6.45, 7) is 4.69. The zero-order valence-electron chi connectivity index (χ0n) is 14.0. The van der Waals surface area contributed by atoms with Crippen LogP contribution in [0.25, 0.3) is 0 Å². The topological polar surface area (TPSA) is 67.4 Å². The van der Waals surface area contributed by atoms with E-state index in [4.69, 9.17) is 4.74 Å². The number of urea groups is 1. The number of aryl methyl sites for hydroxylation is 1. The summed E-state index contributed by atoms with van der Waals surface area (Å²) in [6, 6.07) is 14.5. The number of hydrogen-bond acceptors (Lipinski definition) is 3. The van der Waals surface area contributed by atoms with Gasteiger partial charge in [0, 0.05) is 12.2 Å². The summed E-state index contributed by atoms with van der Waals surface area (Å²) in [7, 11) is 0. The molecule has 0 atom stereocenters. The van der Waals surface area contributed by atoms with Gasteiger partial charge in [-0.2, -0.15) is 0 Å². The van der Waals surface area contributed by atoms with E-state index in [0.29, 0.717) is 24.4 Å². The van der Waals surface area contributed by atoms with Crippen LogP contribution in [0, 0.1) is 6.92 Å². The minimum absolute atomic E-state index is 0.272. The predicted octanol–water partition coefficient (Wildman–Crippen LogP) is 3.54. The average Bonchev–Trinajstić information content (AvgIpc) is 2.56. The highest BCUT2D eigenvalue weighted by molar-refractivity contribution is 5.92. The molecule has 0 aromatic heterocycles. The van der Waals surface area contributed by atoms with Crippen molar-refractivity contribution < 1.29 is 14.3 Å². The minimum Gasteiger partial charge on any atom is -0.462 e. The molecular formula is C19H22N2O3. The molecule has 0 fully saturated rings. The first kappa shape index (κ1) is 17.5. The highest BCUT2D eigenvalue weighted by Gasteiger charge is 2.07. The molecule has 2 rings (SSSR count). The van der Waals surface area contributed by atoms with Crippen molar-refractivity contribution in [3.05, 3.63) is 65.2 Å². The van der Waals surface area contributed by atoms with E-state index in [9.17, 15) is 9.59 Å². The highest BCUT2D eigenvalue weighted by atomic mass is 16.5. The predicted molar refractivity (Wildman–Crippen MR) is 94.3 cm³/mol. The largest absolute Gasteiger partial charge is 0.462 e. The van der Waals surface area contributed by atoms with Crippen LogP contribution in [0.5, 0.6) is 0 Å². The van der Waals surface area contributed by atoms with Crippen LogP contribution in [-0.2, 0) is 11.2 Å². The molecule has 0 bridgehead atoms. The Morgan fingerprint density at radius 3 is 2.50 bits per heavy atom. The number of nitrogens with one attached hydrogen (secondary N) is 2. The van der Waals surface area contributed by atoms with Crippen LogP contribution in [0.15, 0.2) is 48.5 Å². The number of hydrogen-bond donors (Lipinski definition) is 2. The molecule has 5 nitrogen and oxygen atoms in total. The molecule has 0 saturated carbocycles. The van der Waals surface area contributed by atoms with Crippen molar-refractivity contribution in [2.45, 2.75) is 20.3 Å². The fraction of sp³-hybridized carbons (Fsp3) is 0.263. The van der Waals surface area contributed by atoms with Crippen molar-refractivity contribution in [1.82, 2.24) is 5.32 Å². The second kappa shape index (κ2) is 8.72. The van der Waals surface area contributed by atoms with Gasteiger partial charge in [-0.1, -0.05) is 29.8 Å². The maximum Gasteiger partial charge on any atom is 0.338 e. The van der Waals surface area contributed by atoms with E-state index in [0.717, 1.165) is 6.42 Å². The Balaban J connectivity index is 1.78. The maximum atomic E-state index is 11.9. The van der Waals surface area contributed by atoms with Crippen LogP contribution in [0.2, 0.25) is 0 Å². The standard InChI is InChI=1S/C19H22N2O3/c1-3-24-18(22)16-7-9-17(10-8-16)21-19(23)20-12-11-15-6-4-5-14(2)13-15/h4-10,13H,3,11-12H2,1-2H3,(H2,20,21,23). The summed E-state index contributed by atoms with van der Waals surface area (Å²) in [6.07, 6.45) is 0.775. The van der Waals surface area contributed by atoms with E-state index < -0.39 is 0 Å². The van der Waals surface area contributed by atoms with Crippen LogP contribution in [0.1, 0.15) is 28.4 Å². The number of carbonyl (C=O) groups excluding carboxylic acids is 2. The second-order valence-electron chi connectivity index (χ2n) is 5.42. The first-order valence-corrected chi connectivity index (χ1v) is 7.96. The van der Waals surface area contributed by atoms with Crippen LogP contribution >= 0.6 is 0 Å². The molecule has 0 spiro atoms. The number of carbonyl (C=O) groups is 2. The SMILES string of the molecule is CCOC(=O)c1ccc(NC(=O)NCCc2cccc(C)c2)cc1. The number of benzene rings is 2. The zero-order valence-corrected chi connectivity index (χ0v) is 14.0. The van der Waals surface area contributed by atoms with E-state index in [1.54, 1.807) is 31.2 Å². The van der Waals surface area contributed by atoms with Crippen LogP contribution in [0.4, 0.5) is 10.5 Å². The van der Waals surface area contributed by atoms with Crippen molar-refractivity contribution in [1.29, 1.82) is 0 Å². The Bertz CT molecular complexity index is 696.